The molecule has 0 saturated carbocycles. The molecule has 0 spiro atoms. The molecule has 0 aromatic rings. The number of amides is 1. The van der Waals surface area contributed by atoms with Gasteiger partial charge in [0.05, 0.1) is 25.4 Å². The largest absolute Gasteiger partial charge is 0.466 e. The molecule has 0 aliphatic rings. The molecule has 0 heterocycles. The van der Waals surface area contributed by atoms with Crippen LogP contribution in [0.5, 0.6) is 0 Å². The number of rotatable bonds is 76. The first-order valence-corrected chi connectivity index (χ1v) is 40.1. The lowest BCUT2D eigenvalue weighted by Crippen LogP contribution is -2.45. The van der Waals surface area contributed by atoms with E-state index in [4.69, 9.17) is 4.74 Å². The van der Waals surface area contributed by atoms with Crippen molar-refractivity contribution in [2.45, 2.75) is 469 Å². The summed E-state index contributed by atoms with van der Waals surface area (Å²) in [7, 11) is 0. The highest BCUT2D eigenvalue weighted by Crippen LogP contribution is 2.20. The molecule has 0 radical (unpaired) electrons. The van der Waals surface area contributed by atoms with Crippen LogP contribution in [0.25, 0.3) is 0 Å². The van der Waals surface area contributed by atoms with Gasteiger partial charge in [-0.25, -0.2) is 0 Å². The van der Waals surface area contributed by atoms with Crippen LogP contribution in [0.15, 0.2) is 24.3 Å². The molecule has 0 aliphatic carbocycles. The number of unbranched alkanes of at least 4 members (excludes halogenated alkanes) is 63. The third-order valence-corrected chi connectivity index (χ3v) is 19.0. The number of nitrogens with one attached hydrogen (secondary N) is 1. The van der Waals surface area contributed by atoms with Gasteiger partial charge in [-0.2, -0.15) is 0 Å². The van der Waals surface area contributed by atoms with Gasteiger partial charge in [0.1, 0.15) is 0 Å². The number of hydrogen-bond acceptors (Lipinski definition) is 5. The molecule has 0 fully saturated rings. The number of ether oxygens (including phenoxy) is 1. The normalized spacial score (nSPS) is 12.6. The van der Waals surface area contributed by atoms with Gasteiger partial charge in [-0.1, -0.05) is 411 Å². The lowest BCUT2D eigenvalue weighted by molar-refractivity contribution is -0.143. The molecule has 87 heavy (non-hydrogen) atoms. The summed E-state index contributed by atoms with van der Waals surface area (Å²) in [6.45, 7) is 4.94. The number of esters is 1. The fourth-order valence-corrected chi connectivity index (χ4v) is 12.9. The molecule has 0 bridgehead atoms. The van der Waals surface area contributed by atoms with Crippen LogP contribution in [0.4, 0.5) is 0 Å². The molecule has 6 heteroatoms. The topological polar surface area (TPSA) is 95.9 Å². The summed E-state index contributed by atoms with van der Waals surface area (Å²) in [5.41, 5.74) is 0. The van der Waals surface area contributed by atoms with Crippen LogP contribution in [0, 0.1) is 0 Å². The quantitative estimate of drug-likeness (QED) is 0.0320. The molecular formula is C81H157NO5. The van der Waals surface area contributed by atoms with Crippen molar-refractivity contribution >= 4 is 11.9 Å². The van der Waals surface area contributed by atoms with E-state index in [1.807, 2.05) is 6.08 Å². The highest BCUT2D eigenvalue weighted by Gasteiger charge is 2.18. The molecule has 2 atom stereocenters. The predicted octanol–water partition coefficient (Wildman–Crippen LogP) is 26.4. The van der Waals surface area contributed by atoms with Crippen molar-refractivity contribution in [2.75, 3.05) is 13.2 Å². The molecule has 1 amide bonds. The van der Waals surface area contributed by atoms with Crippen molar-refractivity contribution in [3.63, 3.8) is 0 Å². The summed E-state index contributed by atoms with van der Waals surface area (Å²) in [6, 6.07) is -0.625. The zero-order chi connectivity index (χ0) is 62.8. The zero-order valence-corrected chi connectivity index (χ0v) is 59.3. The van der Waals surface area contributed by atoms with Crippen molar-refractivity contribution in [2.24, 2.45) is 0 Å². The lowest BCUT2D eigenvalue weighted by Gasteiger charge is -2.20. The molecule has 6 nitrogen and oxygen atoms in total. The first kappa shape index (κ1) is 85.3. The predicted molar refractivity (Wildman–Crippen MR) is 384 cm³/mol. The Bertz CT molecular complexity index is 1360. The van der Waals surface area contributed by atoms with E-state index < -0.39 is 12.1 Å². The molecule has 2 unspecified atom stereocenters. The second-order valence-electron chi connectivity index (χ2n) is 27.8. The third-order valence-electron chi connectivity index (χ3n) is 19.0. The van der Waals surface area contributed by atoms with Crippen molar-refractivity contribution in [1.29, 1.82) is 0 Å². The SMILES string of the molecule is CCCCCC/C=C\CCCCCCCC(=O)OCCCCCCCCCCCCCCCCCCCCCCCCCCCCCCCCCCCCCC(=O)NC(CO)C(O)/C=C/CCCCCCCCCCCCCCCCCCCCCC. The number of hydrogen-bond donors (Lipinski definition) is 3. The average molecular weight is 1230 g/mol. The minimum Gasteiger partial charge on any atom is -0.466 e. The Labute approximate surface area is 545 Å². The highest BCUT2D eigenvalue weighted by atomic mass is 16.5. The fraction of sp³-hybridized carbons (Fsp3) is 0.926. The maximum atomic E-state index is 12.5. The Morgan fingerprint density at radius 2 is 0.540 bits per heavy atom. The minimum atomic E-state index is -0.842. The standard InChI is InChI=1S/C81H157NO5/c1-3-5-7-9-11-13-15-17-18-19-20-21-37-40-43-46-50-53-57-61-65-69-73-79(84)78(77-83)82-80(85)74-70-66-62-58-54-51-47-44-41-38-35-33-31-29-27-25-23-22-24-26-28-30-32-34-36-39-42-45-48-52-56-60-64-68-72-76-87-81(86)75-71-67-63-59-55-49-16-14-12-10-8-6-4-2/h14,16,69,73,78-79,83-84H,3-13,15,17-68,70-72,74-77H2,1-2H3,(H,82,85)/b16-14-,73-69+. The van der Waals surface area contributed by atoms with Gasteiger partial charge in [-0.05, 0) is 57.8 Å². The molecule has 0 aromatic heterocycles. The van der Waals surface area contributed by atoms with Crippen molar-refractivity contribution in [3.8, 4) is 0 Å². The Morgan fingerprint density at radius 3 is 0.828 bits per heavy atom. The van der Waals surface area contributed by atoms with E-state index in [2.05, 4.69) is 31.3 Å². The average Bonchev–Trinajstić information content (AvgIpc) is 3.54. The minimum absolute atomic E-state index is 0.0139. The molecule has 3 N–H and O–H groups in total. The lowest BCUT2D eigenvalue weighted by atomic mass is 10.0. The van der Waals surface area contributed by atoms with Crippen molar-refractivity contribution in [1.82, 2.24) is 5.32 Å². The van der Waals surface area contributed by atoms with E-state index in [1.54, 1.807) is 6.08 Å². The van der Waals surface area contributed by atoms with Crippen LogP contribution in [0.3, 0.4) is 0 Å². The maximum absolute atomic E-state index is 12.5. The van der Waals surface area contributed by atoms with Crippen molar-refractivity contribution < 1.29 is 24.5 Å². The summed E-state index contributed by atoms with van der Waals surface area (Å²) in [5.74, 6) is -0.0436. The van der Waals surface area contributed by atoms with Gasteiger partial charge >= 0.3 is 5.97 Å². The van der Waals surface area contributed by atoms with Gasteiger partial charge in [0.25, 0.3) is 0 Å². The van der Waals surface area contributed by atoms with Crippen LogP contribution < -0.4 is 5.32 Å². The number of carbonyl (C=O) groups excluding carboxylic acids is 2. The maximum Gasteiger partial charge on any atom is 0.305 e. The van der Waals surface area contributed by atoms with E-state index in [1.165, 1.54) is 385 Å². The Morgan fingerprint density at radius 1 is 0.310 bits per heavy atom. The molecule has 516 valence electrons. The van der Waals surface area contributed by atoms with E-state index in [0.717, 1.165) is 44.9 Å². The first-order valence-electron chi connectivity index (χ1n) is 40.1. The van der Waals surface area contributed by atoms with E-state index in [0.29, 0.717) is 19.4 Å². The first-order chi connectivity index (χ1) is 43.0. The second kappa shape index (κ2) is 76.8. The summed E-state index contributed by atoms with van der Waals surface area (Å²) in [4.78, 5) is 24.6. The van der Waals surface area contributed by atoms with Gasteiger partial charge in [0.15, 0.2) is 0 Å². The Hall–Kier alpha value is -1.66. The van der Waals surface area contributed by atoms with Crippen LogP contribution in [0.1, 0.15) is 457 Å². The third kappa shape index (κ3) is 73.3. The fourth-order valence-electron chi connectivity index (χ4n) is 12.9. The van der Waals surface area contributed by atoms with Gasteiger partial charge in [-0.15, -0.1) is 0 Å². The monoisotopic (exact) mass is 1220 g/mol. The number of allylic oxidation sites excluding steroid dienone is 3. The van der Waals surface area contributed by atoms with E-state index >= 15 is 0 Å². The summed E-state index contributed by atoms with van der Waals surface area (Å²) < 4.78 is 5.49. The molecule has 0 saturated heterocycles. The molecule has 0 aromatic carbocycles. The van der Waals surface area contributed by atoms with Gasteiger partial charge < -0.3 is 20.3 Å². The Kier molecular flexibility index (Phi) is 75.3. The summed E-state index contributed by atoms with van der Waals surface area (Å²) >= 11 is 0. The Balaban J connectivity index is 3.34. The smallest absolute Gasteiger partial charge is 0.305 e. The molecule has 0 aliphatic heterocycles. The van der Waals surface area contributed by atoms with Crippen LogP contribution in [-0.2, 0) is 14.3 Å². The highest BCUT2D eigenvalue weighted by molar-refractivity contribution is 5.76. The number of aliphatic hydroxyl groups excluding tert-OH is 2. The van der Waals surface area contributed by atoms with Gasteiger partial charge in [0, 0.05) is 12.8 Å². The molecular weight excluding hydrogens is 1070 g/mol. The van der Waals surface area contributed by atoms with Crippen LogP contribution in [-0.4, -0.2) is 47.4 Å². The summed E-state index contributed by atoms with van der Waals surface area (Å²) in [6.07, 6.45) is 98.8. The number of carbonyl (C=O) groups is 2. The van der Waals surface area contributed by atoms with Crippen LogP contribution >= 0.6 is 0 Å². The van der Waals surface area contributed by atoms with E-state index in [9.17, 15) is 19.8 Å². The number of aliphatic hydroxyl groups is 2. The second-order valence-corrected chi connectivity index (χ2v) is 27.8. The van der Waals surface area contributed by atoms with Crippen molar-refractivity contribution in [3.05, 3.63) is 24.3 Å². The van der Waals surface area contributed by atoms with E-state index in [-0.39, 0.29) is 18.5 Å². The van der Waals surface area contributed by atoms with Crippen LogP contribution in [0.2, 0.25) is 0 Å². The molecule has 0 rings (SSSR count). The zero-order valence-electron chi connectivity index (χ0n) is 59.3. The van der Waals surface area contributed by atoms with Gasteiger partial charge in [0.2, 0.25) is 5.91 Å². The summed E-state index contributed by atoms with van der Waals surface area (Å²) in [5, 5.41) is 23.3. The van der Waals surface area contributed by atoms with Gasteiger partial charge in [-0.3, -0.25) is 9.59 Å².